The highest BCUT2D eigenvalue weighted by atomic mass is 19.1. The van der Waals surface area contributed by atoms with E-state index in [0.717, 1.165) is 16.5 Å². The van der Waals surface area contributed by atoms with E-state index in [0.29, 0.717) is 11.1 Å². The molecule has 0 radical (unpaired) electrons. The van der Waals surface area contributed by atoms with Gasteiger partial charge in [0.15, 0.2) is 0 Å². The van der Waals surface area contributed by atoms with Crippen LogP contribution in [-0.2, 0) is 4.79 Å². The van der Waals surface area contributed by atoms with Crippen molar-refractivity contribution in [3.05, 3.63) is 52.7 Å². The second-order valence-electron chi connectivity index (χ2n) is 6.21. The number of H-pyrrole nitrogens is 1. The van der Waals surface area contributed by atoms with Gasteiger partial charge in [-0.1, -0.05) is 0 Å². The Bertz CT molecular complexity index is 1050. The number of nitrogens with one attached hydrogen (secondary N) is 2. The molecule has 3 aromatic heterocycles. The Hall–Kier alpha value is -3.09. The summed E-state index contributed by atoms with van der Waals surface area (Å²) in [6.07, 6.45) is 4.08. The Kier molecular flexibility index (Phi) is 3.56. The number of halogens is 1. The van der Waals surface area contributed by atoms with Crippen LogP contribution in [0, 0.1) is 12.8 Å². The van der Waals surface area contributed by atoms with Gasteiger partial charge < -0.3 is 10.3 Å². The van der Waals surface area contributed by atoms with E-state index in [9.17, 15) is 14.0 Å². The van der Waals surface area contributed by atoms with Crippen LogP contribution in [0.1, 0.15) is 12.0 Å². The Morgan fingerprint density at radius 2 is 2.12 bits per heavy atom. The predicted molar refractivity (Wildman–Crippen MR) is 92.0 cm³/mol. The van der Waals surface area contributed by atoms with E-state index in [4.69, 9.17) is 0 Å². The number of anilines is 1. The number of rotatable bonds is 3. The van der Waals surface area contributed by atoms with Crippen LogP contribution >= 0.6 is 0 Å². The van der Waals surface area contributed by atoms with Crippen LogP contribution in [0.3, 0.4) is 0 Å². The fraction of sp³-hybridized carbons (Fsp3) is 0.222. The zero-order valence-corrected chi connectivity index (χ0v) is 13.4. The summed E-state index contributed by atoms with van der Waals surface area (Å²) >= 11 is 0. The molecule has 2 atom stereocenters. The second-order valence-corrected chi connectivity index (χ2v) is 6.21. The first-order valence-corrected chi connectivity index (χ1v) is 7.92. The van der Waals surface area contributed by atoms with Crippen LogP contribution in [0.2, 0.25) is 0 Å². The number of fused-ring (bicyclic) bond motifs is 1. The highest BCUT2D eigenvalue weighted by molar-refractivity contribution is 5.95. The monoisotopic (exact) mass is 338 g/mol. The van der Waals surface area contributed by atoms with Gasteiger partial charge in [-0.05, 0) is 31.0 Å². The number of hydrogen-bond acceptors (Lipinski definition) is 4. The van der Waals surface area contributed by atoms with Crippen LogP contribution in [0.5, 0.6) is 0 Å². The van der Waals surface area contributed by atoms with Crippen LogP contribution in [0.15, 0.2) is 41.6 Å². The van der Waals surface area contributed by atoms with E-state index < -0.39 is 12.1 Å². The second kappa shape index (κ2) is 5.77. The number of pyridine rings is 3. The summed E-state index contributed by atoms with van der Waals surface area (Å²) in [6, 6.07) is 5.16. The van der Waals surface area contributed by atoms with Crippen molar-refractivity contribution in [3.63, 3.8) is 0 Å². The lowest BCUT2D eigenvalue weighted by atomic mass is 10.0. The number of carbonyl (C=O) groups excluding carboxylic acids is 1. The minimum Gasteiger partial charge on any atom is -0.321 e. The minimum absolute atomic E-state index is 0.252. The maximum Gasteiger partial charge on any atom is 0.256 e. The molecule has 3 heterocycles. The first-order chi connectivity index (χ1) is 12.0. The minimum atomic E-state index is -1.06. The molecule has 7 heteroatoms. The first kappa shape index (κ1) is 15.4. The van der Waals surface area contributed by atoms with Gasteiger partial charge in [0.1, 0.15) is 12.0 Å². The molecule has 0 saturated heterocycles. The molecule has 1 amide bonds. The van der Waals surface area contributed by atoms with Crippen molar-refractivity contribution in [2.24, 2.45) is 5.92 Å². The average molecular weight is 338 g/mol. The molecule has 2 N–H and O–H groups in total. The predicted octanol–water partition coefficient (Wildman–Crippen LogP) is 2.59. The van der Waals surface area contributed by atoms with Crippen LogP contribution in [0.4, 0.5) is 10.2 Å². The van der Waals surface area contributed by atoms with Gasteiger partial charge >= 0.3 is 0 Å². The molecule has 6 nitrogen and oxygen atoms in total. The van der Waals surface area contributed by atoms with Gasteiger partial charge in [0, 0.05) is 41.2 Å². The Morgan fingerprint density at radius 1 is 1.32 bits per heavy atom. The highest BCUT2D eigenvalue weighted by Gasteiger charge is 2.43. The molecule has 1 aliphatic rings. The number of carbonyl (C=O) groups is 1. The fourth-order valence-electron chi connectivity index (χ4n) is 2.77. The third-order valence-corrected chi connectivity index (χ3v) is 4.36. The van der Waals surface area contributed by atoms with E-state index in [2.05, 4.69) is 20.3 Å². The first-order valence-electron chi connectivity index (χ1n) is 7.92. The Morgan fingerprint density at radius 3 is 2.84 bits per heavy atom. The molecule has 2 unspecified atom stereocenters. The molecule has 0 aromatic carbocycles. The van der Waals surface area contributed by atoms with Gasteiger partial charge in [-0.2, -0.15) is 0 Å². The van der Waals surface area contributed by atoms with Crippen molar-refractivity contribution in [1.29, 1.82) is 0 Å². The summed E-state index contributed by atoms with van der Waals surface area (Å²) in [7, 11) is 0. The van der Waals surface area contributed by atoms with Crippen molar-refractivity contribution in [3.8, 4) is 11.1 Å². The number of aryl methyl sites for hydroxylation is 1. The number of nitrogens with zero attached hydrogens (tertiary/aromatic N) is 2. The van der Waals surface area contributed by atoms with Gasteiger partial charge in [-0.15, -0.1) is 0 Å². The van der Waals surface area contributed by atoms with Crippen LogP contribution in [-0.4, -0.2) is 27.0 Å². The number of amides is 1. The van der Waals surface area contributed by atoms with Gasteiger partial charge in [-0.3, -0.25) is 14.6 Å². The molecule has 1 aliphatic carbocycles. The summed E-state index contributed by atoms with van der Waals surface area (Å²) < 4.78 is 12.9. The van der Waals surface area contributed by atoms with Gasteiger partial charge in [0.05, 0.1) is 11.4 Å². The summed E-state index contributed by atoms with van der Waals surface area (Å²) in [5.74, 6) is -0.686. The normalized spacial score (nSPS) is 19.0. The van der Waals surface area contributed by atoms with Gasteiger partial charge in [-0.25, -0.2) is 9.37 Å². The van der Waals surface area contributed by atoms with E-state index in [1.807, 2.05) is 13.0 Å². The maximum absolute atomic E-state index is 12.9. The largest absolute Gasteiger partial charge is 0.321 e. The molecule has 126 valence electrons. The third kappa shape index (κ3) is 2.88. The zero-order chi connectivity index (χ0) is 17.6. The molecule has 4 rings (SSSR count). The molecule has 0 aliphatic heterocycles. The number of aromatic amines is 1. The van der Waals surface area contributed by atoms with Crippen molar-refractivity contribution in [2.75, 3.05) is 5.32 Å². The topological polar surface area (TPSA) is 87.7 Å². The molecular formula is C18H15FN4O2. The smallest absolute Gasteiger partial charge is 0.256 e. The van der Waals surface area contributed by atoms with Gasteiger partial charge in [0.2, 0.25) is 5.91 Å². The SMILES string of the molecule is Cc1ccncc1-c1cc2cnc(NC(=O)C3CC3F)cc2[nH]c1=O. The highest BCUT2D eigenvalue weighted by Crippen LogP contribution is 2.34. The van der Waals surface area contributed by atoms with E-state index in [1.54, 1.807) is 30.7 Å². The average Bonchev–Trinajstić information content (AvgIpc) is 3.32. The number of alkyl halides is 1. The summed E-state index contributed by atoms with van der Waals surface area (Å²) in [4.78, 5) is 35.3. The summed E-state index contributed by atoms with van der Waals surface area (Å²) in [5, 5.41) is 3.31. The van der Waals surface area contributed by atoms with E-state index in [1.165, 1.54) is 0 Å². The van der Waals surface area contributed by atoms with Crippen LogP contribution < -0.4 is 10.9 Å². The Labute approximate surface area is 142 Å². The Balaban J connectivity index is 1.71. The molecule has 25 heavy (non-hydrogen) atoms. The summed E-state index contributed by atoms with van der Waals surface area (Å²) in [6.45, 7) is 1.91. The molecule has 1 saturated carbocycles. The van der Waals surface area contributed by atoms with Crippen LogP contribution in [0.25, 0.3) is 22.0 Å². The van der Waals surface area contributed by atoms with E-state index >= 15 is 0 Å². The standard InChI is InChI=1S/C18H15FN4O2/c1-9-2-3-20-8-13(9)11-4-10-7-21-16(6-15(10)22-17(11)24)23-18(25)12-5-14(12)19/h2-4,6-8,12,14H,5H2,1H3,(H,22,24)(H,21,23,25). The lowest BCUT2D eigenvalue weighted by Crippen LogP contribution is -2.16. The molecule has 0 spiro atoms. The molecule has 1 fully saturated rings. The van der Waals surface area contributed by atoms with Crippen molar-refractivity contribution < 1.29 is 9.18 Å². The summed E-state index contributed by atoms with van der Waals surface area (Å²) in [5.41, 5.74) is 2.51. The quantitative estimate of drug-likeness (QED) is 0.768. The van der Waals surface area contributed by atoms with Crippen molar-refractivity contribution >= 4 is 22.6 Å². The molecule has 3 aromatic rings. The zero-order valence-electron chi connectivity index (χ0n) is 13.4. The molecule has 0 bridgehead atoms. The number of hydrogen-bond donors (Lipinski definition) is 2. The van der Waals surface area contributed by atoms with E-state index in [-0.39, 0.29) is 23.7 Å². The van der Waals surface area contributed by atoms with Crippen molar-refractivity contribution in [2.45, 2.75) is 19.5 Å². The lowest BCUT2D eigenvalue weighted by molar-refractivity contribution is -0.117. The number of aromatic nitrogens is 3. The van der Waals surface area contributed by atoms with Gasteiger partial charge in [0.25, 0.3) is 5.56 Å². The lowest BCUT2D eigenvalue weighted by Gasteiger charge is -2.08. The third-order valence-electron chi connectivity index (χ3n) is 4.36. The molecular weight excluding hydrogens is 323 g/mol. The maximum atomic E-state index is 12.9. The fourth-order valence-corrected chi connectivity index (χ4v) is 2.77. The van der Waals surface area contributed by atoms with Crippen molar-refractivity contribution in [1.82, 2.24) is 15.0 Å².